The highest BCUT2D eigenvalue weighted by Crippen LogP contribution is 2.46. The molecule has 6 heterocycles. The molecule has 2 spiro atoms. The summed E-state index contributed by atoms with van der Waals surface area (Å²) in [5.74, 6) is -2.21. The number of imidazole rings is 2. The number of carboxylic acid groups (broad SMARTS) is 2. The van der Waals surface area contributed by atoms with Gasteiger partial charge in [0.1, 0.15) is 11.6 Å². The van der Waals surface area contributed by atoms with E-state index in [2.05, 4.69) is 48.1 Å². The van der Waals surface area contributed by atoms with Crippen molar-refractivity contribution in [3.05, 3.63) is 71.6 Å². The van der Waals surface area contributed by atoms with Crippen molar-refractivity contribution in [1.29, 1.82) is 0 Å². The molecule has 330 valence electrons. The molecular formula is C44H54N8O10. The van der Waals surface area contributed by atoms with E-state index < -0.39 is 59.7 Å². The molecule has 0 unspecified atom stereocenters. The van der Waals surface area contributed by atoms with Gasteiger partial charge < -0.3 is 39.1 Å². The van der Waals surface area contributed by atoms with Crippen LogP contribution in [0.15, 0.2) is 48.8 Å². The lowest BCUT2D eigenvalue weighted by Crippen LogP contribution is -2.52. The van der Waals surface area contributed by atoms with Gasteiger partial charge in [-0.05, 0) is 53.5 Å². The number of nitrogens with zero attached hydrogens (tertiary/aromatic N) is 4. The fourth-order valence-corrected chi connectivity index (χ4v) is 9.82. The number of carbonyl (C=O) groups is 4. The fourth-order valence-electron chi connectivity index (χ4n) is 9.82. The Morgan fingerprint density at radius 1 is 0.645 bits per heavy atom. The Kier molecular flexibility index (Phi) is 11.8. The van der Waals surface area contributed by atoms with Gasteiger partial charge in [0.2, 0.25) is 11.8 Å². The molecule has 4 aliphatic rings. The van der Waals surface area contributed by atoms with E-state index in [1.165, 1.54) is 0 Å². The third-order valence-electron chi connectivity index (χ3n) is 12.7. The van der Waals surface area contributed by atoms with Crippen molar-refractivity contribution in [2.45, 2.75) is 90.1 Å². The van der Waals surface area contributed by atoms with Crippen LogP contribution < -0.4 is 10.6 Å². The number of imide groups is 2. The van der Waals surface area contributed by atoms with E-state index in [1.807, 2.05) is 60.3 Å². The molecule has 2 aromatic heterocycles. The number of aromatic nitrogens is 4. The van der Waals surface area contributed by atoms with E-state index in [-0.39, 0.29) is 24.9 Å². The van der Waals surface area contributed by atoms with Crippen LogP contribution in [0.1, 0.15) is 75.4 Å². The van der Waals surface area contributed by atoms with Crippen LogP contribution in [0.4, 0.5) is 9.59 Å². The summed E-state index contributed by atoms with van der Waals surface area (Å²) in [5, 5.41) is 22.8. The Morgan fingerprint density at radius 3 is 1.50 bits per heavy atom. The van der Waals surface area contributed by atoms with Crippen molar-refractivity contribution in [1.82, 2.24) is 40.4 Å². The van der Waals surface area contributed by atoms with Gasteiger partial charge in [-0.2, -0.15) is 0 Å². The first kappa shape index (κ1) is 43.2. The summed E-state index contributed by atoms with van der Waals surface area (Å²) in [5.41, 5.74) is 7.72. The summed E-state index contributed by atoms with van der Waals surface area (Å²) in [6, 6.07) is 10.0. The average molecular weight is 855 g/mol. The summed E-state index contributed by atoms with van der Waals surface area (Å²) in [6.45, 7) is 14.0. The third-order valence-corrected chi connectivity index (χ3v) is 12.7. The Bertz CT molecular complexity index is 2330. The number of hydrogen-bond acceptors (Lipinski definition) is 12. The number of aromatic amines is 2. The van der Waals surface area contributed by atoms with Crippen LogP contribution in [0.25, 0.3) is 33.6 Å². The van der Waals surface area contributed by atoms with Gasteiger partial charge in [0.15, 0.2) is 11.6 Å². The van der Waals surface area contributed by atoms with Crippen molar-refractivity contribution in [3.63, 3.8) is 0 Å². The van der Waals surface area contributed by atoms with Crippen molar-refractivity contribution in [3.8, 4) is 33.6 Å². The lowest BCUT2D eigenvalue weighted by atomic mass is 9.92. The van der Waals surface area contributed by atoms with Gasteiger partial charge >= 0.3 is 12.2 Å². The lowest BCUT2D eigenvalue weighted by Gasteiger charge is -2.33. The zero-order valence-electron chi connectivity index (χ0n) is 35.7. The topological polar surface area (TPSA) is 234 Å². The smallest absolute Gasteiger partial charge is 0.411 e. The summed E-state index contributed by atoms with van der Waals surface area (Å²) in [7, 11) is 0. The van der Waals surface area contributed by atoms with E-state index >= 15 is 0 Å². The molecule has 4 atom stereocenters. The predicted octanol–water partition coefficient (Wildman–Crippen LogP) is 5.37. The Hall–Kier alpha value is -5.50. The number of hydrogen-bond donors (Lipinski definition) is 6. The number of benzene rings is 2. The second-order valence-corrected chi connectivity index (χ2v) is 17.3. The number of rotatable bonds is 11. The highest BCUT2D eigenvalue weighted by molar-refractivity contribution is 5.95. The minimum atomic E-state index is -1.40. The summed E-state index contributed by atoms with van der Waals surface area (Å²) >= 11 is 0. The average Bonchev–Trinajstić information content (AvgIpc) is 4.08. The molecule has 4 saturated heterocycles. The maximum atomic E-state index is 13.2. The van der Waals surface area contributed by atoms with Crippen LogP contribution in [-0.2, 0) is 28.5 Å². The SMILES string of the molecule is Cc1c(-c2ccc(-c3cnc([C@@H]4CC5(CN4[C@H](C(=O)NC(=O)O)C(C)C)OCCO5)[nH]3)cc2)ccc(-c2cnc([C@@H]3CC4(CN3[C@H](C(=O)NC(=O)O)C(C)C)OCCO4)[nH]2)c1C. The Morgan fingerprint density at radius 2 is 1.05 bits per heavy atom. The number of ether oxygens (including phenoxy) is 4. The van der Waals surface area contributed by atoms with Crippen LogP contribution in [-0.4, -0.2) is 127 Å². The van der Waals surface area contributed by atoms with E-state index in [0.717, 1.165) is 44.8 Å². The van der Waals surface area contributed by atoms with Gasteiger partial charge in [-0.15, -0.1) is 0 Å². The minimum absolute atomic E-state index is 0.210. The molecule has 4 fully saturated rings. The van der Waals surface area contributed by atoms with Crippen molar-refractivity contribution < 1.29 is 48.3 Å². The number of H-pyrrole nitrogens is 2. The molecule has 18 nitrogen and oxygen atoms in total. The van der Waals surface area contributed by atoms with E-state index in [1.54, 1.807) is 12.4 Å². The summed E-state index contributed by atoms with van der Waals surface area (Å²) in [4.78, 5) is 69.7. The van der Waals surface area contributed by atoms with Gasteiger partial charge in [0, 0.05) is 18.4 Å². The second kappa shape index (κ2) is 17.0. The molecule has 62 heavy (non-hydrogen) atoms. The zero-order chi connectivity index (χ0) is 44.1. The first-order chi connectivity index (χ1) is 29.6. The zero-order valence-corrected chi connectivity index (χ0v) is 35.7. The molecule has 4 aliphatic heterocycles. The van der Waals surface area contributed by atoms with Gasteiger partial charge in [-0.25, -0.2) is 19.6 Å². The first-order valence-corrected chi connectivity index (χ1v) is 21.0. The Labute approximate surface area is 358 Å². The molecule has 0 saturated carbocycles. The van der Waals surface area contributed by atoms with Gasteiger partial charge in [-0.1, -0.05) is 64.1 Å². The summed E-state index contributed by atoms with van der Waals surface area (Å²) < 4.78 is 24.2. The first-order valence-electron chi connectivity index (χ1n) is 21.0. The highest BCUT2D eigenvalue weighted by atomic mass is 16.7. The van der Waals surface area contributed by atoms with Gasteiger partial charge in [0.25, 0.3) is 0 Å². The van der Waals surface area contributed by atoms with Crippen LogP contribution >= 0.6 is 0 Å². The van der Waals surface area contributed by atoms with E-state index in [4.69, 9.17) is 28.9 Å². The monoisotopic (exact) mass is 854 g/mol. The molecule has 4 amide bonds. The fraction of sp³-hybridized carbons (Fsp3) is 0.500. The van der Waals surface area contributed by atoms with Gasteiger partial charge in [-0.3, -0.25) is 30.0 Å². The second-order valence-electron chi connectivity index (χ2n) is 17.3. The molecule has 2 aromatic carbocycles. The van der Waals surface area contributed by atoms with E-state index in [9.17, 15) is 29.4 Å². The molecule has 6 N–H and O–H groups in total. The van der Waals surface area contributed by atoms with Crippen LogP contribution in [0, 0.1) is 25.7 Å². The minimum Gasteiger partial charge on any atom is -0.465 e. The molecular weight excluding hydrogens is 801 g/mol. The summed E-state index contributed by atoms with van der Waals surface area (Å²) in [6.07, 6.45) is 1.59. The van der Waals surface area contributed by atoms with E-state index in [0.29, 0.717) is 50.9 Å². The number of carbonyl (C=O) groups excluding carboxylic acids is 2. The molecule has 8 rings (SSSR count). The highest BCUT2D eigenvalue weighted by Gasteiger charge is 2.55. The molecule has 0 bridgehead atoms. The lowest BCUT2D eigenvalue weighted by molar-refractivity contribution is -0.150. The molecule has 0 radical (unpaired) electrons. The van der Waals surface area contributed by atoms with Crippen LogP contribution in [0.5, 0.6) is 0 Å². The third kappa shape index (κ3) is 8.25. The van der Waals surface area contributed by atoms with Crippen molar-refractivity contribution in [2.24, 2.45) is 11.8 Å². The Balaban J connectivity index is 1.02. The number of likely N-dealkylation sites (tertiary alicyclic amines) is 2. The van der Waals surface area contributed by atoms with Crippen LogP contribution in [0.3, 0.4) is 0 Å². The predicted molar refractivity (Wildman–Crippen MR) is 224 cm³/mol. The normalized spacial score (nSPS) is 21.9. The molecule has 4 aromatic rings. The van der Waals surface area contributed by atoms with Crippen molar-refractivity contribution in [2.75, 3.05) is 39.5 Å². The standard InChI is InChI=1S/C44H54N8O10/c1-23(2)35(39(53)49-41(55)56)51-21-43(59-13-14-60-43)17-33(51)37-45-19-31(47-37)28-9-7-27(8-10-28)29-11-12-30(26(6)25(29)5)32-20-46-38(48-32)34-18-44(61-15-16-62-44)22-52(34)36(24(3)4)40(54)50-42(57)58/h7-12,19-20,23-24,33-36H,13-18,21-22H2,1-6H3,(H,45,47)(H,46,48)(H,49,53)(H,50,54)(H,55,56)(H,57,58)/t33-,34-,35-,36-/m0/s1. The number of nitrogens with one attached hydrogen (secondary N) is 4. The maximum absolute atomic E-state index is 13.2. The quantitative estimate of drug-likeness (QED) is 0.111. The van der Waals surface area contributed by atoms with Crippen molar-refractivity contribution >= 4 is 24.0 Å². The maximum Gasteiger partial charge on any atom is 0.411 e. The van der Waals surface area contributed by atoms with Crippen LogP contribution in [0.2, 0.25) is 0 Å². The largest absolute Gasteiger partial charge is 0.465 e. The van der Waals surface area contributed by atoms with Gasteiger partial charge in [0.05, 0.1) is 87.5 Å². The number of amides is 4. The molecule has 18 heteroatoms. The molecule has 0 aliphatic carbocycles.